The van der Waals surface area contributed by atoms with Gasteiger partial charge in [-0.1, -0.05) is 26.8 Å². The normalized spacial score (nSPS) is 15.3. The SMILES string of the molecule is CC(C)(C)[C@H](O)C[C@@H](CO)NCc1cnn2ccccc12. The molecule has 0 aliphatic rings. The highest BCUT2D eigenvalue weighted by molar-refractivity contribution is 5.53. The molecular weight excluding hydrogens is 266 g/mol. The first kappa shape index (κ1) is 15.9. The molecular formula is C16H25N3O2. The third-order valence-electron chi connectivity index (χ3n) is 3.82. The van der Waals surface area contributed by atoms with Gasteiger partial charge in [-0.3, -0.25) is 0 Å². The molecule has 0 unspecified atom stereocenters. The first-order valence-corrected chi connectivity index (χ1v) is 7.35. The third kappa shape index (κ3) is 4.03. The largest absolute Gasteiger partial charge is 0.395 e. The van der Waals surface area contributed by atoms with Gasteiger partial charge in [0.05, 0.1) is 24.4 Å². The van der Waals surface area contributed by atoms with Crippen molar-refractivity contribution in [1.29, 1.82) is 0 Å². The fourth-order valence-electron chi connectivity index (χ4n) is 2.22. The summed E-state index contributed by atoms with van der Waals surface area (Å²) in [6.45, 7) is 6.62. The summed E-state index contributed by atoms with van der Waals surface area (Å²) in [4.78, 5) is 0. The van der Waals surface area contributed by atoms with Crippen molar-refractivity contribution in [2.24, 2.45) is 5.41 Å². The number of nitrogens with zero attached hydrogens (tertiary/aromatic N) is 2. The summed E-state index contributed by atoms with van der Waals surface area (Å²) in [5.74, 6) is 0. The van der Waals surface area contributed by atoms with Crippen LogP contribution in [0.15, 0.2) is 30.6 Å². The number of aromatic nitrogens is 2. The number of aliphatic hydroxyl groups is 2. The molecule has 2 atom stereocenters. The molecule has 21 heavy (non-hydrogen) atoms. The topological polar surface area (TPSA) is 69.8 Å². The first-order chi connectivity index (χ1) is 9.91. The fourth-order valence-corrected chi connectivity index (χ4v) is 2.22. The van der Waals surface area contributed by atoms with E-state index in [1.165, 1.54) is 0 Å². The molecule has 3 N–H and O–H groups in total. The second kappa shape index (κ2) is 6.56. The summed E-state index contributed by atoms with van der Waals surface area (Å²) in [6, 6.07) is 5.81. The lowest BCUT2D eigenvalue weighted by Gasteiger charge is -2.29. The molecule has 0 radical (unpaired) electrons. The first-order valence-electron chi connectivity index (χ1n) is 7.35. The molecule has 0 aliphatic heterocycles. The molecule has 2 aromatic heterocycles. The average molecular weight is 291 g/mol. The van der Waals surface area contributed by atoms with Crippen LogP contribution in [0, 0.1) is 5.41 Å². The summed E-state index contributed by atoms with van der Waals surface area (Å²) in [5.41, 5.74) is 1.96. The summed E-state index contributed by atoms with van der Waals surface area (Å²) >= 11 is 0. The summed E-state index contributed by atoms with van der Waals surface area (Å²) in [6.07, 6.45) is 3.81. The van der Waals surface area contributed by atoms with Crippen molar-refractivity contribution in [3.05, 3.63) is 36.2 Å². The Labute approximate surface area is 125 Å². The Kier molecular flexibility index (Phi) is 4.98. The molecule has 0 fully saturated rings. The Morgan fingerprint density at radius 2 is 2.10 bits per heavy atom. The lowest BCUT2D eigenvalue weighted by molar-refractivity contribution is 0.0389. The monoisotopic (exact) mass is 291 g/mol. The second-order valence-corrected chi connectivity index (χ2v) is 6.58. The van der Waals surface area contributed by atoms with E-state index in [1.807, 2.05) is 55.9 Å². The van der Waals surface area contributed by atoms with Crippen LogP contribution >= 0.6 is 0 Å². The molecule has 2 heterocycles. The minimum absolute atomic E-state index is 0.00630. The Morgan fingerprint density at radius 3 is 2.76 bits per heavy atom. The van der Waals surface area contributed by atoms with Gasteiger partial charge in [0.1, 0.15) is 0 Å². The van der Waals surface area contributed by atoms with Gasteiger partial charge in [-0.15, -0.1) is 0 Å². The Balaban J connectivity index is 1.97. The van der Waals surface area contributed by atoms with E-state index >= 15 is 0 Å². The van der Waals surface area contributed by atoms with Crippen LogP contribution in [0.4, 0.5) is 0 Å². The van der Waals surface area contributed by atoms with E-state index in [0.717, 1.165) is 11.1 Å². The smallest absolute Gasteiger partial charge is 0.0706 e. The Hall–Kier alpha value is -1.43. The Morgan fingerprint density at radius 1 is 1.33 bits per heavy atom. The quantitative estimate of drug-likeness (QED) is 0.756. The molecule has 0 saturated carbocycles. The van der Waals surface area contributed by atoms with E-state index in [9.17, 15) is 10.2 Å². The molecule has 5 nitrogen and oxygen atoms in total. The van der Waals surface area contributed by atoms with Gasteiger partial charge in [0, 0.05) is 24.3 Å². The van der Waals surface area contributed by atoms with Gasteiger partial charge < -0.3 is 15.5 Å². The van der Waals surface area contributed by atoms with Crippen LogP contribution in [-0.4, -0.2) is 38.6 Å². The molecule has 0 saturated heterocycles. The van der Waals surface area contributed by atoms with Gasteiger partial charge in [0.25, 0.3) is 0 Å². The van der Waals surface area contributed by atoms with Crippen LogP contribution in [0.2, 0.25) is 0 Å². The van der Waals surface area contributed by atoms with Crippen molar-refractivity contribution < 1.29 is 10.2 Å². The number of rotatable bonds is 6. The van der Waals surface area contributed by atoms with E-state index in [0.29, 0.717) is 13.0 Å². The summed E-state index contributed by atoms with van der Waals surface area (Å²) in [5, 5.41) is 27.2. The number of fused-ring (bicyclic) bond motifs is 1. The predicted molar refractivity (Wildman–Crippen MR) is 83.0 cm³/mol. The van der Waals surface area contributed by atoms with Crippen molar-refractivity contribution >= 4 is 5.52 Å². The highest BCUT2D eigenvalue weighted by atomic mass is 16.3. The van der Waals surface area contributed by atoms with Crippen LogP contribution in [0.5, 0.6) is 0 Å². The zero-order chi connectivity index (χ0) is 15.5. The maximum atomic E-state index is 10.1. The van der Waals surface area contributed by atoms with Crippen molar-refractivity contribution in [3.63, 3.8) is 0 Å². The molecule has 2 aromatic rings. The van der Waals surface area contributed by atoms with Gasteiger partial charge in [0.15, 0.2) is 0 Å². The highest BCUT2D eigenvalue weighted by Crippen LogP contribution is 2.22. The molecule has 0 aliphatic carbocycles. The minimum Gasteiger partial charge on any atom is -0.395 e. The molecule has 5 heteroatoms. The maximum Gasteiger partial charge on any atom is 0.0706 e. The summed E-state index contributed by atoms with van der Waals surface area (Å²) < 4.78 is 1.83. The minimum atomic E-state index is -0.453. The van der Waals surface area contributed by atoms with E-state index in [2.05, 4.69) is 10.4 Å². The predicted octanol–water partition coefficient (Wildman–Crippen LogP) is 1.58. The summed E-state index contributed by atoms with van der Waals surface area (Å²) in [7, 11) is 0. The molecule has 0 bridgehead atoms. The molecule has 0 amide bonds. The lowest BCUT2D eigenvalue weighted by atomic mass is 9.85. The molecule has 2 rings (SSSR count). The number of hydrogen-bond donors (Lipinski definition) is 3. The number of pyridine rings is 1. The van der Waals surface area contributed by atoms with Gasteiger partial charge >= 0.3 is 0 Å². The molecule has 0 aromatic carbocycles. The van der Waals surface area contributed by atoms with Crippen LogP contribution in [0.25, 0.3) is 5.52 Å². The van der Waals surface area contributed by atoms with Crippen molar-refractivity contribution in [2.75, 3.05) is 6.61 Å². The second-order valence-electron chi connectivity index (χ2n) is 6.58. The van der Waals surface area contributed by atoms with Crippen LogP contribution in [-0.2, 0) is 6.54 Å². The Bertz CT molecular complexity index is 574. The van der Waals surface area contributed by atoms with E-state index in [4.69, 9.17) is 0 Å². The molecule has 116 valence electrons. The van der Waals surface area contributed by atoms with E-state index < -0.39 is 6.10 Å². The standard InChI is InChI=1S/C16H25N3O2/c1-16(2,3)15(21)8-13(11-20)17-9-12-10-18-19-7-5-4-6-14(12)19/h4-7,10,13,15,17,20-21H,8-9,11H2,1-3H3/t13-,15+/m0/s1. The van der Waals surface area contributed by atoms with Crippen LogP contribution in [0.1, 0.15) is 32.8 Å². The van der Waals surface area contributed by atoms with Crippen molar-refractivity contribution in [1.82, 2.24) is 14.9 Å². The van der Waals surface area contributed by atoms with E-state index in [-0.39, 0.29) is 18.1 Å². The van der Waals surface area contributed by atoms with Crippen LogP contribution < -0.4 is 5.32 Å². The van der Waals surface area contributed by atoms with Gasteiger partial charge in [0.2, 0.25) is 0 Å². The zero-order valence-electron chi connectivity index (χ0n) is 13.0. The number of hydrogen-bond acceptors (Lipinski definition) is 4. The van der Waals surface area contributed by atoms with Crippen molar-refractivity contribution in [2.45, 2.75) is 45.9 Å². The average Bonchev–Trinajstić information content (AvgIpc) is 2.85. The van der Waals surface area contributed by atoms with Crippen molar-refractivity contribution in [3.8, 4) is 0 Å². The maximum absolute atomic E-state index is 10.1. The van der Waals surface area contributed by atoms with Gasteiger partial charge in [-0.25, -0.2) is 4.52 Å². The molecule has 0 spiro atoms. The lowest BCUT2D eigenvalue weighted by Crippen LogP contribution is -2.39. The zero-order valence-corrected chi connectivity index (χ0v) is 13.0. The fraction of sp³-hybridized carbons (Fsp3) is 0.562. The number of nitrogens with one attached hydrogen (secondary N) is 1. The van der Waals surface area contributed by atoms with Gasteiger partial charge in [-0.2, -0.15) is 5.10 Å². The highest BCUT2D eigenvalue weighted by Gasteiger charge is 2.25. The third-order valence-corrected chi connectivity index (χ3v) is 3.82. The number of aliphatic hydroxyl groups excluding tert-OH is 2. The van der Waals surface area contributed by atoms with E-state index in [1.54, 1.807) is 0 Å². The van der Waals surface area contributed by atoms with Gasteiger partial charge in [-0.05, 0) is 24.0 Å². The van der Waals surface area contributed by atoms with Crippen LogP contribution in [0.3, 0.4) is 0 Å².